The molecule has 0 unspecified atom stereocenters. The SMILES string of the molecule is CCCOc1nc(N)nc(Oc2cccc(C(C)C)c2)n1. The van der Waals surface area contributed by atoms with Crippen molar-refractivity contribution in [3.05, 3.63) is 29.8 Å². The number of rotatable bonds is 6. The molecule has 6 nitrogen and oxygen atoms in total. The molecule has 1 aromatic heterocycles. The molecule has 2 aromatic rings. The van der Waals surface area contributed by atoms with E-state index in [9.17, 15) is 0 Å². The molecule has 0 amide bonds. The summed E-state index contributed by atoms with van der Waals surface area (Å²) in [5, 5.41) is 0. The molecule has 0 aliphatic heterocycles. The first-order chi connectivity index (χ1) is 10.1. The van der Waals surface area contributed by atoms with Crippen LogP contribution in [0.25, 0.3) is 0 Å². The summed E-state index contributed by atoms with van der Waals surface area (Å²) in [6, 6.07) is 8.10. The summed E-state index contributed by atoms with van der Waals surface area (Å²) < 4.78 is 11.0. The Morgan fingerprint density at radius 3 is 2.62 bits per heavy atom. The van der Waals surface area contributed by atoms with E-state index in [0.29, 0.717) is 18.3 Å². The molecule has 6 heteroatoms. The van der Waals surface area contributed by atoms with E-state index in [2.05, 4.69) is 34.9 Å². The molecule has 0 atom stereocenters. The van der Waals surface area contributed by atoms with Gasteiger partial charge in [-0.05, 0) is 30.0 Å². The van der Waals surface area contributed by atoms with Gasteiger partial charge in [-0.1, -0.05) is 32.9 Å². The lowest BCUT2D eigenvalue weighted by molar-refractivity contribution is 0.285. The Balaban J connectivity index is 2.18. The van der Waals surface area contributed by atoms with Crippen LogP contribution in [0.1, 0.15) is 38.7 Å². The summed E-state index contributed by atoms with van der Waals surface area (Å²) in [7, 11) is 0. The quantitative estimate of drug-likeness (QED) is 0.879. The van der Waals surface area contributed by atoms with Gasteiger partial charge in [0.15, 0.2) is 0 Å². The second-order valence-electron chi connectivity index (χ2n) is 4.94. The summed E-state index contributed by atoms with van der Waals surface area (Å²) >= 11 is 0. The summed E-state index contributed by atoms with van der Waals surface area (Å²) in [6.45, 7) is 6.76. The van der Waals surface area contributed by atoms with Gasteiger partial charge in [0.25, 0.3) is 0 Å². The Morgan fingerprint density at radius 1 is 1.14 bits per heavy atom. The number of benzene rings is 1. The second kappa shape index (κ2) is 6.88. The van der Waals surface area contributed by atoms with E-state index in [1.54, 1.807) is 0 Å². The van der Waals surface area contributed by atoms with Crippen LogP contribution in [0.3, 0.4) is 0 Å². The maximum absolute atomic E-state index is 5.65. The van der Waals surface area contributed by atoms with Gasteiger partial charge in [0.2, 0.25) is 5.95 Å². The summed E-state index contributed by atoms with van der Waals surface area (Å²) in [5.74, 6) is 1.15. The second-order valence-corrected chi connectivity index (χ2v) is 4.94. The lowest BCUT2D eigenvalue weighted by Crippen LogP contribution is -2.05. The third-order valence-corrected chi connectivity index (χ3v) is 2.78. The highest BCUT2D eigenvalue weighted by molar-refractivity contribution is 5.32. The number of nitrogens with two attached hydrogens (primary N) is 1. The fraction of sp³-hybridized carbons (Fsp3) is 0.400. The van der Waals surface area contributed by atoms with Crippen LogP contribution in [0.4, 0.5) is 5.95 Å². The highest BCUT2D eigenvalue weighted by atomic mass is 16.5. The minimum Gasteiger partial charge on any atom is -0.463 e. The molecule has 1 heterocycles. The first kappa shape index (κ1) is 15.0. The molecule has 0 aliphatic rings. The van der Waals surface area contributed by atoms with Gasteiger partial charge in [-0.2, -0.15) is 9.97 Å². The van der Waals surface area contributed by atoms with Crippen LogP contribution in [-0.4, -0.2) is 21.6 Å². The smallest absolute Gasteiger partial charge is 0.330 e. The minimum absolute atomic E-state index is 0.0751. The fourth-order valence-corrected chi connectivity index (χ4v) is 1.70. The van der Waals surface area contributed by atoms with Crippen LogP contribution in [0, 0.1) is 0 Å². The van der Waals surface area contributed by atoms with Gasteiger partial charge in [-0.3, -0.25) is 0 Å². The fourth-order valence-electron chi connectivity index (χ4n) is 1.70. The van der Waals surface area contributed by atoms with Crippen molar-refractivity contribution in [3.63, 3.8) is 0 Å². The van der Waals surface area contributed by atoms with Crippen LogP contribution in [0.15, 0.2) is 24.3 Å². The van der Waals surface area contributed by atoms with Crippen molar-refractivity contribution < 1.29 is 9.47 Å². The van der Waals surface area contributed by atoms with Crippen LogP contribution in [0.5, 0.6) is 17.8 Å². The van der Waals surface area contributed by atoms with Gasteiger partial charge in [-0.15, -0.1) is 4.98 Å². The number of nitrogens with zero attached hydrogens (tertiary/aromatic N) is 3. The molecule has 0 radical (unpaired) electrons. The van der Waals surface area contributed by atoms with Crippen LogP contribution in [0.2, 0.25) is 0 Å². The van der Waals surface area contributed by atoms with Crippen molar-refractivity contribution in [1.82, 2.24) is 15.0 Å². The van der Waals surface area contributed by atoms with E-state index in [1.807, 2.05) is 25.1 Å². The average Bonchev–Trinajstić information content (AvgIpc) is 2.45. The highest BCUT2D eigenvalue weighted by Gasteiger charge is 2.08. The number of ether oxygens (including phenoxy) is 2. The van der Waals surface area contributed by atoms with Crippen molar-refractivity contribution >= 4 is 5.95 Å². The monoisotopic (exact) mass is 288 g/mol. The lowest BCUT2D eigenvalue weighted by atomic mass is 10.0. The first-order valence-corrected chi connectivity index (χ1v) is 7.00. The van der Waals surface area contributed by atoms with Crippen molar-refractivity contribution in [3.8, 4) is 17.8 Å². The Morgan fingerprint density at radius 2 is 1.90 bits per heavy atom. The van der Waals surface area contributed by atoms with E-state index in [0.717, 1.165) is 6.42 Å². The van der Waals surface area contributed by atoms with Gasteiger partial charge >= 0.3 is 12.0 Å². The van der Waals surface area contributed by atoms with Crippen molar-refractivity contribution in [2.24, 2.45) is 0 Å². The molecule has 0 saturated carbocycles. The Kier molecular flexibility index (Phi) is 4.92. The largest absolute Gasteiger partial charge is 0.463 e. The summed E-state index contributed by atoms with van der Waals surface area (Å²) in [4.78, 5) is 12.0. The number of hydrogen-bond acceptors (Lipinski definition) is 6. The number of anilines is 1. The van der Waals surface area contributed by atoms with Crippen molar-refractivity contribution in [2.75, 3.05) is 12.3 Å². The molecule has 0 bridgehead atoms. The molecule has 1 aromatic carbocycles. The third kappa shape index (κ3) is 4.30. The number of nitrogen functional groups attached to an aromatic ring is 1. The highest BCUT2D eigenvalue weighted by Crippen LogP contribution is 2.24. The Bertz CT molecular complexity index is 602. The van der Waals surface area contributed by atoms with Crippen molar-refractivity contribution in [2.45, 2.75) is 33.1 Å². The first-order valence-electron chi connectivity index (χ1n) is 7.00. The zero-order valence-corrected chi connectivity index (χ0v) is 12.5. The number of hydrogen-bond donors (Lipinski definition) is 1. The zero-order valence-electron chi connectivity index (χ0n) is 12.5. The maximum Gasteiger partial charge on any atom is 0.330 e. The van der Waals surface area contributed by atoms with E-state index in [1.165, 1.54) is 5.56 Å². The standard InChI is InChI=1S/C15H20N4O2/c1-4-8-20-14-17-13(16)18-15(19-14)21-12-7-5-6-11(9-12)10(2)3/h5-7,9-10H,4,8H2,1-3H3,(H2,16,17,18,19). The van der Waals surface area contributed by atoms with E-state index in [4.69, 9.17) is 15.2 Å². The molecule has 0 saturated heterocycles. The molecule has 2 N–H and O–H groups in total. The summed E-state index contributed by atoms with van der Waals surface area (Å²) in [6.07, 6.45) is 0.859. The molecule has 0 aliphatic carbocycles. The summed E-state index contributed by atoms with van der Waals surface area (Å²) in [5.41, 5.74) is 6.82. The van der Waals surface area contributed by atoms with Gasteiger partial charge < -0.3 is 15.2 Å². The zero-order chi connectivity index (χ0) is 15.2. The Hall–Kier alpha value is -2.37. The van der Waals surface area contributed by atoms with Gasteiger partial charge in [0.1, 0.15) is 5.75 Å². The predicted octanol–water partition coefficient (Wildman–Crippen LogP) is 3.16. The van der Waals surface area contributed by atoms with E-state index in [-0.39, 0.29) is 18.0 Å². The van der Waals surface area contributed by atoms with Gasteiger partial charge in [-0.25, -0.2) is 0 Å². The molecule has 2 rings (SSSR count). The molecule has 0 spiro atoms. The van der Waals surface area contributed by atoms with Crippen LogP contribution in [-0.2, 0) is 0 Å². The lowest BCUT2D eigenvalue weighted by Gasteiger charge is -2.09. The number of aromatic nitrogens is 3. The molecular weight excluding hydrogens is 268 g/mol. The maximum atomic E-state index is 5.65. The van der Waals surface area contributed by atoms with Crippen LogP contribution >= 0.6 is 0 Å². The van der Waals surface area contributed by atoms with Gasteiger partial charge in [0, 0.05) is 0 Å². The van der Waals surface area contributed by atoms with Gasteiger partial charge in [0.05, 0.1) is 6.61 Å². The third-order valence-electron chi connectivity index (χ3n) is 2.78. The van der Waals surface area contributed by atoms with Crippen LogP contribution < -0.4 is 15.2 Å². The van der Waals surface area contributed by atoms with Crippen molar-refractivity contribution in [1.29, 1.82) is 0 Å². The molecule has 112 valence electrons. The van der Waals surface area contributed by atoms with E-state index >= 15 is 0 Å². The topological polar surface area (TPSA) is 83.2 Å². The minimum atomic E-state index is 0.0751. The molecular formula is C15H20N4O2. The van der Waals surface area contributed by atoms with E-state index < -0.39 is 0 Å². The normalized spacial score (nSPS) is 10.7. The molecule has 21 heavy (non-hydrogen) atoms. The predicted molar refractivity (Wildman–Crippen MR) is 80.6 cm³/mol. The average molecular weight is 288 g/mol. The molecule has 0 fully saturated rings. The Labute approximate surface area is 124 Å².